The molecule has 1 aromatic carbocycles. The number of aryl methyl sites for hydroxylation is 1. The van der Waals surface area contributed by atoms with Crippen LogP contribution in [0.2, 0.25) is 0 Å². The molecule has 0 atom stereocenters. The van der Waals surface area contributed by atoms with Crippen LogP contribution in [-0.4, -0.2) is 20.4 Å². The zero-order valence-electron chi connectivity index (χ0n) is 14.8. The Morgan fingerprint density at radius 3 is 2.64 bits per heavy atom. The van der Waals surface area contributed by atoms with E-state index in [0.717, 1.165) is 24.1 Å². The van der Waals surface area contributed by atoms with Gasteiger partial charge in [0.2, 0.25) is 5.88 Å². The molecule has 25 heavy (non-hydrogen) atoms. The number of rotatable bonds is 7. The Morgan fingerprint density at radius 2 is 2.00 bits per heavy atom. The molecule has 1 aromatic heterocycles. The summed E-state index contributed by atoms with van der Waals surface area (Å²) >= 11 is 0. The number of hydrazone groups is 1. The van der Waals surface area contributed by atoms with E-state index in [9.17, 15) is 14.7 Å². The van der Waals surface area contributed by atoms with E-state index in [1.54, 1.807) is 0 Å². The molecule has 0 amide bonds. The predicted molar refractivity (Wildman–Crippen MR) is 99.5 cm³/mol. The van der Waals surface area contributed by atoms with Crippen LogP contribution >= 0.6 is 0 Å². The van der Waals surface area contributed by atoms with Gasteiger partial charge in [0.15, 0.2) is 0 Å². The van der Waals surface area contributed by atoms with E-state index in [0.29, 0.717) is 18.7 Å². The summed E-state index contributed by atoms with van der Waals surface area (Å²) in [4.78, 5) is 26.4. The molecule has 134 valence electrons. The van der Waals surface area contributed by atoms with Gasteiger partial charge in [0.05, 0.1) is 11.4 Å². The highest BCUT2D eigenvalue weighted by Gasteiger charge is 2.18. The van der Waals surface area contributed by atoms with Crippen LogP contribution in [0.15, 0.2) is 39.0 Å². The lowest BCUT2D eigenvalue weighted by atomic mass is 10.1. The van der Waals surface area contributed by atoms with Crippen molar-refractivity contribution in [2.24, 2.45) is 5.10 Å². The maximum Gasteiger partial charge on any atom is 0.331 e. The van der Waals surface area contributed by atoms with Gasteiger partial charge >= 0.3 is 5.69 Å². The van der Waals surface area contributed by atoms with Crippen LogP contribution in [0.5, 0.6) is 5.88 Å². The minimum atomic E-state index is -0.637. The molecule has 0 saturated heterocycles. The maximum absolute atomic E-state index is 12.2. The number of nitrogens with zero attached hydrogens (tertiary/aromatic N) is 2. The van der Waals surface area contributed by atoms with Gasteiger partial charge in [-0.2, -0.15) is 5.10 Å². The van der Waals surface area contributed by atoms with E-state index in [4.69, 9.17) is 0 Å². The first-order chi connectivity index (χ1) is 12.0. The van der Waals surface area contributed by atoms with E-state index in [1.807, 2.05) is 45.0 Å². The van der Waals surface area contributed by atoms with Crippen LogP contribution in [0.4, 0.5) is 5.69 Å². The molecule has 2 aromatic rings. The van der Waals surface area contributed by atoms with Gasteiger partial charge < -0.3 is 5.11 Å². The monoisotopic (exact) mass is 344 g/mol. The lowest BCUT2D eigenvalue weighted by Gasteiger charge is -2.12. The van der Waals surface area contributed by atoms with Crippen LogP contribution in [0.3, 0.4) is 0 Å². The highest BCUT2D eigenvalue weighted by atomic mass is 16.3. The fourth-order valence-electron chi connectivity index (χ4n) is 2.48. The Kier molecular flexibility index (Phi) is 6.16. The average molecular weight is 344 g/mol. The van der Waals surface area contributed by atoms with Gasteiger partial charge in [0.25, 0.3) is 5.56 Å². The Labute approximate surface area is 146 Å². The summed E-state index contributed by atoms with van der Waals surface area (Å²) in [6, 6.07) is 7.62. The zero-order valence-corrected chi connectivity index (χ0v) is 14.8. The fourth-order valence-corrected chi connectivity index (χ4v) is 2.48. The summed E-state index contributed by atoms with van der Waals surface area (Å²) in [6.07, 6.45) is 2.00. The van der Waals surface area contributed by atoms with Gasteiger partial charge in [0.1, 0.15) is 5.56 Å². The minimum absolute atomic E-state index is 0.0271. The molecule has 0 aliphatic carbocycles. The van der Waals surface area contributed by atoms with Gasteiger partial charge in [-0.05, 0) is 31.4 Å². The molecule has 0 unspecified atom stereocenters. The number of aromatic amines is 1. The van der Waals surface area contributed by atoms with Crippen molar-refractivity contribution in [2.45, 2.75) is 46.6 Å². The van der Waals surface area contributed by atoms with Gasteiger partial charge in [0, 0.05) is 6.54 Å². The van der Waals surface area contributed by atoms with Crippen LogP contribution in [0.1, 0.15) is 44.2 Å². The van der Waals surface area contributed by atoms with Gasteiger partial charge in [-0.25, -0.2) is 4.79 Å². The summed E-state index contributed by atoms with van der Waals surface area (Å²) in [5.74, 6) is -0.339. The highest BCUT2D eigenvalue weighted by Crippen LogP contribution is 2.16. The van der Waals surface area contributed by atoms with Crippen molar-refractivity contribution in [3.8, 4) is 5.88 Å². The zero-order chi connectivity index (χ0) is 18.4. The molecule has 0 radical (unpaired) electrons. The third kappa shape index (κ3) is 4.17. The van der Waals surface area contributed by atoms with Crippen molar-refractivity contribution in [3.63, 3.8) is 0 Å². The van der Waals surface area contributed by atoms with Crippen LogP contribution < -0.4 is 16.7 Å². The normalized spacial score (nSPS) is 11.6. The average Bonchev–Trinajstić information content (AvgIpc) is 2.58. The number of anilines is 1. The number of para-hydroxylation sites is 1. The minimum Gasteiger partial charge on any atom is -0.494 e. The number of H-pyrrole nitrogens is 1. The molecule has 7 heteroatoms. The molecular formula is C18H24N4O3. The lowest BCUT2D eigenvalue weighted by Crippen LogP contribution is -2.34. The molecule has 0 spiro atoms. The Hall–Kier alpha value is -2.83. The predicted octanol–water partition coefficient (Wildman–Crippen LogP) is 2.58. The molecule has 0 aliphatic rings. The first-order valence-corrected chi connectivity index (χ1v) is 8.44. The molecule has 0 aliphatic heterocycles. The number of nitrogens with one attached hydrogen (secondary N) is 2. The second-order valence-corrected chi connectivity index (χ2v) is 5.80. The van der Waals surface area contributed by atoms with Gasteiger partial charge in [-0.3, -0.25) is 19.8 Å². The van der Waals surface area contributed by atoms with Crippen molar-refractivity contribution in [3.05, 3.63) is 56.2 Å². The largest absolute Gasteiger partial charge is 0.494 e. The molecule has 0 fully saturated rings. The number of hydrogen-bond donors (Lipinski definition) is 3. The number of unbranched alkanes of at least 4 members (excludes halogenated alkanes) is 1. The smallest absolute Gasteiger partial charge is 0.331 e. The first kappa shape index (κ1) is 18.5. The standard InChI is InChI=1S/C18H24N4O3/c1-4-6-11-22-17(24)15(16(23)19-18(22)25)13(5-2)20-21-14-10-8-7-9-12(14)3/h7-10,21,24H,4-6,11H2,1-3H3,(H,19,23,25)/b20-13+. The van der Waals surface area contributed by atoms with E-state index in [1.165, 1.54) is 4.57 Å². The molecule has 3 N–H and O–H groups in total. The molecule has 0 bridgehead atoms. The van der Waals surface area contributed by atoms with Crippen molar-refractivity contribution in [1.29, 1.82) is 0 Å². The van der Waals surface area contributed by atoms with E-state index < -0.39 is 11.2 Å². The number of hydrogen-bond acceptors (Lipinski definition) is 5. The van der Waals surface area contributed by atoms with Gasteiger partial charge in [-0.15, -0.1) is 0 Å². The Balaban J connectivity index is 2.46. The summed E-state index contributed by atoms with van der Waals surface area (Å²) in [6.45, 7) is 6.10. The number of aromatic nitrogens is 2. The van der Waals surface area contributed by atoms with Gasteiger partial charge in [-0.1, -0.05) is 38.5 Å². The molecule has 7 nitrogen and oxygen atoms in total. The summed E-state index contributed by atoms with van der Waals surface area (Å²) < 4.78 is 1.18. The second kappa shape index (κ2) is 8.32. The van der Waals surface area contributed by atoms with Crippen molar-refractivity contribution >= 4 is 11.4 Å². The topological polar surface area (TPSA) is 99.5 Å². The highest BCUT2D eigenvalue weighted by molar-refractivity contribution is 6.02. The fraction of sp³-hybridized carbons (Fsp3) is 0.389. The Morgan fingerprint density at radius 1 is 1.28 bits per heavy atom. The Bertz CT molecular complexity index is 881. The van der Waals surface area contributed by atoms with Crippen LogP contribution in [0.25, 0.3) is 0 Å². The van der Waals surface area contributed by atoms with E-state index in [2.05, 4.69) is 15.5 Å². The van der Waals surface area contributed by atoms with Crippen LogP contribution in [0, 0.1) is 6.92 Å². The third-order valence-corrected chi connectivity index (χ3v) is 3.99. The molecular weight excluding hydrogens is 320 g/mol. The number of benzene rings is 1. The summed E-state index contributed by atoms with van der Waals surface area (Å²) in [5.41, 5.74) is 3.91. The SMILES string of the molecule is CCCCn1c(O)c(/C(CC)=N/Nc2ccccc2C)c(=O)[nH]c1=O. The second-order valence-electron chi connectivity index (χ2n) is 5.80. The van der Waals surface area contributed by atoms with Crippen molar-refractivity contribution < 1.29 is 5.11 Å². The van der Waals surface area contributed by atoms with E-state index >= 15 is 0 Å². The molecule has 2 rings (SSSR count). The van der Waals surface area contributed by atoms with Crippen molar-refractivity contribution in [2.75, 3.05) is 5.43 Å². The quantitative estimate of drug-likeness (QED) is 0.531. The van der Waals surface area contributed by atoms with Crippen LogP contribution in [-0.2, 0) is 6.54 Å². The van der Waals surface area contributed by atoms with E-state index in [-0.39, 0.29) is 11.4 Å². The lowest BCUT2D eigenvalue weighted by molar-refractivity contribution is 0.394. The molecule has 0 saturated carbocycles. The summed E-state index contributed by atoms with van der Waals surface area (Å²) in [5, 5.41) is 14.8. The summed E-state index contributed by atoms with van der Waals surface area (Å²) in [7, 11) is 0. The first-order valence-electron chi connectivity index (χ1n) is 8.44. The van der Waals surface area contributed by atoms with Crippen molar-refractivity contribution in [1.82, 2.24) is 9.55 Å². The third-order valence-electron chi connectivity index (χ3n) is 3.99. The number of aromatic hydroxyl groups is 1. The molecule has 1 heterocycles. The maximum atomic E-state index is 12.2.